The third kappa shape index (κ3) is 2.94. The van der Waals surface area contributed by atoms with E-state index in [-0.39, 0.29) is 5.91 Å². The molecule has 0 aliphatic carbocycles. The molecule has 0 radical (unpaired) electrons. The Balaban J connectivity index is 1.52. The number of carbonyl (C=O) groups is 1. The Labute approximate surface area is 151 Å². The van der Waals surface area contributed by atoms with Crippen LogP contribution in [-0.2, 0) is 0 Å². The number of hydrogen-bond donors (Lipinski definition) is 1. The molecule has 1 aliphatic heterocycles. The minimum absolute atomic E-state index is 0.00366. The van der Waals surface area contributed by atoms with Crippen LogP contribution in [0.3, 0.4) is 0 Å². The van der Waals surface area contributed by atoms with E-state index in [1.807, 2.05) is 30.0 Å². The summed E-state index contributed by atoms with van der Waals surface area (Å²) < 4.78 is 0. The van der Waals surface area contributed by atoms with E-state index < -0.39 is 0 Å². The first-order valence-corrected chi connectivity index (χ1v) is 8.58. The quantitative estimate of drug-likeness (QED) is 0.768. The van der Waals surface area contributed by atoms with Crippen molar-refractivity contribution in [1.82, 2.24) is 24.8 Å². The molecule has 1 aromatic carbocycles. The average Bonchev–Trinajstić information content (AvgIpc) is 3.21. The van der Waals surface area contributed by atoms with Crippen LogP contribution < -0.4 is 9.80 Å². The number of aromatic nitrogens is 4. The molecule has 1 N–H and O–H groups in total. The molecule has 2 aromatic heterocycles. The van der Waals surface area contributed by atoms with E-state index in [1.165, 1.54) is 6.33 Å². The largest absolute Gasteiger partial charge is 0.368 e. The number of nitrogens with zero attached hydrogens (tertiary/aromatic N) is 6. The molecule has 4 rings (SSSR count). The van der Waals surface area contributed by atoms with Crippen molar-refractivity contribution in [3.05, 3.63) is 42.7 Å². The lowest BCUT2D eigenvalue weighted by atomic mass is 10.1. The van der Waals surface area contributed by atoms with Crippen molar-refractivity contribution in [2.24, 2.45) is 0 Å². The highest BCUT2D eigenvalue weighted by molar-refractivity contribution is 5.93. The molecule has 0 bridgehead atoms. The van der Waals surface area contributed by atoms with Crippen LogP contribution in [0.15, 0.2) is 37.1 Å². The van der Waals surface area contributed by atoms with Gasteiger partial charge in [-0.1, -0.05) is 0 Å². The predicted molar refractivity (Wildman–Crippen MR) is 101 cm³/mol. The summed E-state index contributed by atoms with van der Waals surface area (Å²) in [4.78, 5) is 34.1. The number of anilines is 2. The van der Waals surface area contributed by atoms with Gasteiger partial charge in [-0.25, -0.2) is 15.0 Å². The Bertz CT molecular complexity index is 914. The molecule has 8 nitrogen and oxygen atoms in total. The van der Waals surface area contributed by atoms with Crippen molar-refractivity contribution >= 4 is 28.3 Å². The number of fused-ring (bicyclic) bond motifs is 1. The second kappa shape index (κ2) is 6.62. The Hall–Kier alpha value is -3.16. The van der Waals surface area contributed by atoms with E-state index in [1.54, 1.807) is 12.5 Å². The van der Waals surface area contributed by atoms with E-state index in [2.05, 4.69) is 37.0 Å². The lowest BCUT2D eigenvalue weighted by Crippen LogP contribution is -2.48. The fourth-order valence-electron chi connectivity index (χ4n) is 3.29. The smallest absolute Gasteiger partial charge is 0.272 e. The van der Waals surface area contributed by atoms with Crippen molar-refractivity contribution in [2.45, 2.75) is 0 Å². The van der Waals surface area contributed by atoms with Gasteiger partial charge in [0.2, 0.25) is 0 Å². The summed E-state index contributed by atoms with van der Waals surface area (Å²) in [5, 5.41) is 1.03. The summed E-state index contributed by atoms with van der Waals surface area (Å²) in [6, 6.07) is 6.25. The van der Waals surface area contributed by atoms with Crippen LogP contribution in [0, 0.1) is 0 Å². The van der Waals surface area contributed by atoms with Crippen molar-refractivity contribution in [1.29, 1.82) is 0 Å². The molecular formula is C18H21N7O. The zero-order chi connectivity index (χ0) is 18.1. The molecule has 0 spiro atoms. The van der Waals surface area contributed by atoms with Gasteiger partial charge in [0.15, 0.2) is 0 Å². The van der Waals surface area contributed by atoms with Crippen LogP contribution in [0.5, 0.6) is 0 Å². The second-order valence-corrected chi connectivity index (χ2v) is 6.54. The van der Waals surface area contributed by atoms with E-state index >= 15 is 0 Å². The Kier molecular flexibility index (Phi) is 4.16. The van der Waals surface area contributed by atoms with Crippen LogP contribution in [0.2, 0.25) is 0 Å². The number of nitrogens with one attached hydrogen (secondary N) is 1. The van der Waals surface area contributed by atoms with Gasteiger partial charge < -0.3 is 19.7 Å². The summed E-state index contributed by atoms with van der Waals surface area (Å²) in [5.74, 6) is 0.911. The van der Waals surface area contributed by atoms with Crippen LogP contribution in [-0.4, -0.2) is 71.0 Å². The van der Waals surface area contributed by atoms with Gasteiger partial charge in [0, 0.05) is 51.3 Å². The summed E-state index contributed by atoms with van der Waals surface area (Å²) in [6.07, 6.45) is 4.70. The minimum Gasteiger partial charge on any atom is -0.368 e. The zero-order valence-electron chi connectivity index (χ0n) is 14.9. The first-order chi connectivity index (χ1) is 12.6. The average molecular weight is 351 g/mol. The molecule has 1 fully saturated rings. The fraction of sp³-hybridized carbons (Fsp3) is 0.333. The van der Waals surface area contributed by atoms with Crippen LogP contribution in [0.4, 0.5) is 11.5 Å². The van der Waals surface area contributed by atoms with E-state index in [9.17, 15) is 4.79 Å². The predicted octanol–water partition coefficient (Wildman–Crippen LogP) is 1.38. The molecule has 8 heteroatoms. The summed E-state index contributed by atoms with van der Waals surface area (Å²) in [7, 11) is 3.96. The van der Waals surface area contributed by atoms with Crippen molar-refractivity contribution < 1.29 is 4.79 Å². The number of imidazole rings is 1. The summed E-state index contributed by atoms with van der Waals surface area (Å²) >= 11 is 0. The van der Waals surface area contributed by atoms with Crippen LogP contribution >= 0.6 is 0 Å². The Morgan fingerprint density at radius 1 is 1.15 bits per heavy atom. The summed E-state index contributed by atoms with van der Waals surface area (Å²) in [5.41, 5.74) is 2.60. The van der Waals surface area contributed by atoms with Crippen LogP contribution in [0.25, 0.3) is 10.9 Å². The first kappa shape index (κ1) is 16.3. The third-order valence-electron chi connectivity index (χ3n) is 4.68. The molecule has 0 saturated carbocycles. The topological polar surface area (TPSA) is 81.2 Å². The van der Waals surface area contributed by atoms with Gasteiger partial charge in [0.05, 0.1) is 18.0 Å². The normalized spacial score (nSPS) is 14.7. The molecule has 26 heavy (non-hydrogen) atoms. The van der Waals surface area contributed by atoms with Crippen molar-refractivity contribution in [2.75, 3.05) is 50.1 Å². The lowest BCUT2D eigenvalue weighted by molar-refractivity contribution is 0.0741. The lowest BCUT2D eigenvalue weighted by Gasteiger charge is -2.36. The van der Waals surface area contributed by atoms with Gasteiger partial charge >= 0.3 is 0 Å². The van der Waals surface area contributed by atoms with E-state index in [4.69, 9.17) is 0 Å². The van der Waals surface area contributed by atoms with E-state index in [0.717, 1.165) is 35.5 Å². The number of H-pyrrole nitrogens is 1. The fourth-order valence-corrected chi connectivity index (χ4v) is 3.29. The molecule has 1 aliphatic rings. The highest BCUT2D eigenvalue weighted by Gasteiger charge is 2.23. The number of piperazine rings is 1. The van der Waals surface area contributed by atoms with Gasteiger partial charge in [-0.05, 0) is 18.2 Å². The highest BCUT2D eigenvalue weighted by atomic mass is 16.2. The molecule has 1 amide bonds. The van der Waals surface area contributed by atoms with Gasteiger partial charge in [0.25, 0.3) is 5.91 Å². The zero-order valence-corrected chi connectivity index (χ0v) is 14.9. The molecule has 0 atom stereocenters. The van der Waals surface area contributed by atoms with Gasteiger partial charge in [-0.3, -0.25) is 4.79 Å². The molecule has 1 saturated heterocycles. The van der Waals surface area contributed by atoms with Gasteiger partial charge in [0.1, 0.15) is 17.8 Å². The monoisotopic (exact) mass is 351 g/mol. The maximum atomic E-state index is 12.4. The Morgan fingerprint density at radius 2 is 1.96 bits per heavy atom. The molecule has 3 aromatic rings. The molecular weight excluding hydrogens is 330 g/mol. The van der Waals surface area contributed by atoms with Crippen molar-refractivity contribution in [3.63, 3.8) is 0 Å². The SMILES string of the molecule is CN(C)c1ncnc2ccc(N3CCN(C(=O)c4cnc[nH]4)CC3)cc12. The standard InChI is InChI=1S/C18H21N7O/c1-23(2)17-14-9-13(3-4-15(14)21-12-22-17)24-5-7-25(8-6-24)18(26)16-10-19-11-20-16/h3-4,9-12H,5-8H2,1-2H3,(H,19,20). The number of hydrogen-bond acceptors (Lipinski definition) is 6. The van der Waals surface area contributed by atoms with Crippen molar-refractivity contribution in [3.8, 4) is 0 Å². The molecule has 3 heterocycles. The maximum Gasteiger partial charge on any atom is 0.272 e. The third-order valence-corrected chi connectivity index (χ3v) is 4.68. The van der Waals surface area contributed by atoms with Gasteiger partial charge in [-0.2, -0.15) is 0 Å². The van der Waals surface area contributed by atoms with Gasteiger partial charge in [-0.15, -0.1) is 0 Å². The molecule has 134 valence electrons. The number of benzene rings is 1. The van der Waals surface area contributed by atoms with E-state index in [0.29, 0.717) is 18.8 Å². The number of aromatic amines is 1. The second-order valence-electron chi connectivity index (χ2n) is 6.54. The van der Waals surface area contributed by atoms with Crippen LogP contribution in [0.1, 0.15) is 10.5 Å². The maximum absolute atomic E-state index is 12.4. The minimum atomic E-state index is 0.00366. The number of rotatable bonds is 3. The molecule has 0 unspecified atom stereocenters. The number of amides is 1. The number of carbonyl (C=O) groups excluding carboxylic acids is 1. The summed E-state index contributed by atoms with van der Waals surface area (Å²) in [6.45, 7) is 2.94. The Morgan fingerprint density at radius 3 is 2.65 bits per heavy atom. The first-order valence-electron chi connectivity index (χ1n) is 8.58. The highest BCUT2D eigenvalue weighted by Crippen LogP contribution is 2.27.